The van der Waals surface area contributed by atoms with Crippen molar-refractivity contribution in [3.8, 4) is 0 Å². The smallest absolute Gasteiger partial charge is 0.348 e. The zero-order valence-corrected chi connectivity index (χ0v) is 16.1. The van der Waals surface area contributed by atoms with Crippen molar-refractivity contribution in [1.29, 1.82) is 0 Å². The third-order valence-corrected chi connectivity index (χ3v) is 6.75. The van der Waals surface area contributed by atoms with Gasteiger partial charge in [-0.15, -0.1) is 11.3 Å². The fraction of sp³-hybridized carbons (Fsp3) is 0.200. The molecule has 2 rings (SSSR count). The van der Waals surface area contributed by atoms with Crippen LogP contribution in [0.5, 0.6) is 0 Å². The maximum atomic E-state index is 13.2. The quantitative estimate of drug-likeness (QED) is 0.744. The molecule has 0 atom stereocenters. The minimum absolute atomic E-state index is 0.0158. The van der Waals surface area contributed by atoms with Crippen molar-refractivity contribution in [1.82, 2.24) is 0 Å². The summed E-state index contributed by atoms with van der Waals surface area (Å²) in [4.78, 5) is 23.8. The Morgan fingerprint density at radius 3 is 2.35 bits per heavy atom. The number of anilines is 1. The Labute approximate surface area is 157 Å². The van der Waals surface area contributed by atoms with Crippen molar-refractivity contribution >= 4 is 50.6 Å². The molecule has 11 heteroatoms. The van der Waals surface area contributed by atoms with Crippen molar-refractivity contribution in [2.75, 3.05) is 18.9 Å². The highest BCUT2D eigenvalue weighted by atomic mass is 35.5. The molecule has 1 N–H and O–H groups in total. The lowest BCUT2D eigenvalue weighted by Crippen LogP contribution is -2.16. The molecule has 0 spiro atoms. The SMILES string of the molecule is COC(=O)c1sc(S(=O)(=O)Nc2ccc(F)c(Cl)c2)c(C(=O)OC)c1C. The molecule has 0 saturated carbocycles. The van der Waals surface area contributed by atoms with Gasteiger partial charge in [0.25, 0.3) is 10.0 Å². The predicted octanol–water partition coefficient (Wildman–Crippen LogP) is 3.22. The highest BCUT2D eigenvalue weighted by Gasteiger charge is 2.32. The summed E-state index contributed by atoms with van der Waals surface area (Å²) in [6.45, 7) is 1.41. The molecular formula is C15H13ClFNO6S2. The van der Waals surface area contributed by atoms with E-state index < -0.39 is 32.0 Å². The molecule has 0 saturated heterocycles. The minimum atomic E-state index is -4.29. The molecule has 0 aliphatic carbocycles. The van der Waals surface area contributed by atoms with Gasteiger partial charge in [-0.2, -0.15) is 0 Å². The van der Waals surface area contributed by atoms with E-state index in [1.807, 2.05) is 0 Å². The zero-order chi connectivity index (χ0) is 19.6. The summed E-state index contributed by atoms with van der Waals surface area (Å²) in [5.41, 5.74) is -0.178. The number of sulfonamides is 1. The normalized spacial score (nSPS) is 11.1. The molecule has 0 fully saturated rings. The number of benzene rings is 1. The molecule has 2 aromatic rings. The molecule has 0 radical (unpaired) electrons. The first-order chi connectivity index (χ1) is 12.1. The highest BCUT2D eigenvalue weighted by molar-refractivity contribution is 7.94. The number of carbonyl (C=O) groups excluding carboxylic acids is 2. The fourth-order valence-electron chi connectivity index (χ4n) is 2.06. The summed E-state index contributed by atoms with van der Waals surface area (Å²) >= 11 is 6.20. The Hall–Kier alpha value is -2.17. The van der Waals surface area contributed by atoms with Gasteiger partial charge in [0, 0.05) is 0 Å². The number of halogens is 2. The van der Waals surface area contributed by atoms with Gasteiger partial charge in [0.15, 0.2) is 4.21 Å². The molecule has 0 unspecified atom stereocenters. The van der Waals surface area contributed by atoms with E-state index in [9.17, 15) is 22.4 Å². The van der Waals surface area contributed by atoms with Gasteiger partial charge in [0.2, 0.25) is 0 Å². The standard InChI is InChI=1S/C15H13ClFNO6S2/c1-7-11(13(19)23-2)15(25-12(7)14(20)24-3)26(21,22)18-8-4-5-10(17)9(16)6-8/h4-6,18H,1-3H3. The second kappa shape index (κ2) is 7.60. The van der Waals surface area contributed by atoms with E-state index in [1.165, 1.54) is 6.92 Å². The van der Waals surface area contributed by atoms with Gasteiger partial charge in [-0.25, -0.2) is 22.4 Å². The number of hydrogen-bond donors (Lipinski definition) is 1. The predicted molar refractivity (Wildman–Crippen MR) is 94.0 cm³/mol. The van der Waals surface area contributed by atoms with Crippen LogP contribution >= 0.6 is 22.9 Å². The molecule has 1 heterocycles. The minimum Gasteiger partial charge on any atom is -0.465 e. The van der Waals surface area contributed by atoms with Gasteiger partial charge in [-0.1, -0.05) is 11.6 Å². The Morgan fingerprint density at radius 2 is 1.81 bits per heavy atom. The zero-order valence-electron chi connectivity index (χ0n) is 13.8. The maximum absolute atomic E-state index is 13.2. The Bertz CT molecular complexity index is 986. The summed E-state index contributed by atoms with van der Waals surface area (Å²) in [6, 6.07) is 3.23. The summed E-state index contributed by atoms with van der Waals surface area (Å²) in [5.74, 6) is -2.43. The Balaban J connectivity index is 2.58. The number of thiophene rings is 1. The van der Waals surface area contributed by atoms with Gasteiger partial charge < -0.3 is 9.47 Å². The highest BCUT2D eigenvalue weighted by Crippen LogP contribution is 2.34. The third-order valence-electron chi connectivity index (χ3n) is 3.29. The lowest BCUT2D eigenvalue weighted by atomic mass is 10.2. The lowest BCUT2D eigenvalue weighted by Gasteiger charge is -2.09. The van der Waals surface area contributed by atoms with Crippen LogP contribution in [-0.4, -0.2) is 34.6 Å². The third kappa shape index (κ3) is 3.81. The van der Waals surface area contributed by atoms with E-state index in [0.717, 1.165) is 32.4 Å². The monoisotopic (exact) mass is 421 g/mol. The molecule has 0 amide bonds. The first kappa shape index (κ1) is 20.1. The number of nitrogens with one attached hydrogen (secondary N) is 1. The van der Waals surface area contributed by atoms with Crippen molar-refractivity contribution in [2.45, 2.75) is 11.1 Å². The summed E-state index contributed by atoms with van der Waals surface area (Å²) in [5, 5.41) is -0.281. The number of rotatable bonds is 5. The first-order valence-electron chi connectivity index (χ1n) is 6.90. The number of carbonyl (C=O) groups is 2. The molecule has 1 aromatic heterocycles. The van der Waals surface area contributed by atoms with E-state index in [0.29, 0.717) is 11.3 Å². The molecule has 0 bridgehead atoms. The van der Waals surface area contributed by atoms with Crippen LogP contribution in [0.25, 0.3) is 0 Å². The second-order valence-electron chi connectivity index (χ2n) is 4.94. The second-order valence-corrected chi connectivity index (χ2v) is 8.24. The van der Waals surface area contributed by atoms with Crippen LogP contribution in [-0.2, 0) is 19.5 Å². The summed E-state index contributed by atoms with van der Waals surface area (Å²) < 4.78 is 49.7. The van der Waals surface area contributed by atoms with Crippen LogP contribution < -0.4 is 4.72 Å². The van der Waals surface area contributed by atoms with Crippen molar-refractivity contribution in [3.63, 3.8) is 0 Å². The Kier molecular flexibility index (Phi) is 5.89. The number of methoxy groups -OCH3 is 2. The average Bonchev–Trinajstić information content (AvgIpc) is 2.95. The molecular weight excluding hydrogens is 409 g/mol. The van der Waals surface area contributed by atoms with Crippen LogP contribution in [0.15, 0.2) is 22.4 Å². The summed E-state index contributed by atoms with van der Waals surface area (Å²) in [6.07, 6.45) is 0. The van der Waals surface area contributed by atoms with Crippen LogP contribution in [0, 0.1) is 12.7 Å². The van der Waals surface area contributed by atoms with Crippen LogP contribution in [0.3, 0.4) is 0 Å². The van der Waals surface area contributed by atoms with E-state index in [1.54, 1.807) is 0 Å². The number of ether oxygens (including phenoxy) is 2. The van der Waals surface area contributed by atoms with E-state index in [2.05, 4.69) is 14.2 Å². The molecule has 0 aliphatic rings. The van der Waals surface area contributed by atoms with Gasteiger partial charge in [-0.3, -0.25) is 4.72 Å². The van der Waals surface area contributed by atoms with Gasteiger partial charge in [-0.05, 0) is 30.7 Å². The van der Waals surface area contributed by atoms with Crippen molar-refractivity contribution < 1.29 is 31.9 Å². The molecule has 1 aromatic carbocycles. The maximum Gasteiger partial charge on any atom is 0.348 e. The van der Waals surface area contributed by atoms with Crippen molar-refractivity contribution in [3.05, 3.63) is 45.0 Å². The lowest BCUT2D eigenvalue weighted by molar-refractivity contribution is 0.0596. The van der Waals surface area contributed by atoms with Crippen LogP contribution in [0.1, 0.15) is 25.6 Å². The summed E-state index contributed by atoms with van der Waals surface area (Å²) in [7, 11) is -2.08. The molecule has 26 heavy (non-hydrogen) atoms. The fourth-order valence-corrected chi connectivity index (χ4v) is 5.04. The average molecular weight is 422 g/mol. The Morgan fingerprint density at radius 1 is 1.19 bits per heavy atom. The molecule has 140 valence electrons. The van der Waals surface area contributed by atoms with Gasteiger partial charge in [0.05, 0.1) is 30.5 Å². The topological polar surface area (TPSA) is 98.8 Å². The van der Waals surface area contributed by atoms with Crippen LogP contribution in [0.4, 0.5) is 10.1 Å². The van der Waals surface area contributed by atoms with Gasteiger partial charge >= 0.3 is 11.9 Å². The first-order valence-corrected chi connectivity index (χ1v) is 9.58. The van der Waals surface area contributed by atoms with Crippen LogP contribution in [0.2, 0.25) is 5.02 Å². The van der Waals surface area contributed by atoms with Gasteiger partial charge in [0.1, 0.15) is 10.7 Å². The molecule has 7 nitrogen and oxygen atoms in total. The molecule has 0 aliphatic heterocycles. The van der Waals surface area contributed by atoms with E-state index in [-0.39, 0.29) is 26.7 Å². The largest absolute Gasteiger partial charge is 0.465 e. The van der Waals surface area contributed by atoms with E-state index in [4.69, 9.17) is 11.6 Å². The number of hydrogen-bond acceptors (Lipinski definition) is 7. The van der Waals surface area contributed by atoms with Crippen molar-refractivity contribution in [2.24, 2.45) is 0 Å². The number of esters is 2. The van der Waals surface area contributed by atoms with E-state index >= 15 is 0 Å².